The zero-order chi connectivity index (χ0) is 21.6. The van der Waals surface area contributed by atoms with E-state index in [1.807, 2.05) is 5.38 Å². The van der Waals surface area contributed by atoms with E-state index in [1.54, 1.807) is 24.3 Å². The Hall–Kier alpha value is -3.11. The maximum Gasteiger partial charge on any atom is 0.227 e. The molecule has 1 N–H and O–H groups in total. The number of hydrogen-bond acceptors (Lipinski definition) is 7. The Balaban J connectivity index is 1.26. The summed E-state index contributed by atoms with van der Waals surface area (Å²) in [6.45, 7) is 0. The zero-order valence-corrected chi connectivity index (χ0v) is 17.7. The van der Waals surface area contributed by atoms with Crippen molar-refractivity contribution in [3.63, 3.8) is 0 Å². The van der Waals surface area contributed by atoms with Gasteiger partial charge in [0.05, 0.1) is 17.1 Å². The lowest BCUT2D eigenvalue weighted by molar-refractivity contribution is -0.116. The maximum atomic E-state index is 13.6. The first-order chi connectivity index (χ1) is 15.1. The van der Waals surface area contributed by atoms with Crippen molar-refractivity contribution < 1.29 is 18.1 Å². The fourth-order valence-corrected chi connectivity index (χ4v) is 4.33. The van der Waals surface area contributed by atoms with Gasteiger partial charge in [0, 0.05) is 23.8 Å². The smallest absolute Gasteiger partial charge is 0.227 e. The summed E-state index contributed by atoms with van der Waals surface area (Å²) >= 11 is 2.94. The fraction of sp³-hybridized carbons (Fsp3) is 0.143. The van der Waals surface area contributed by atoms with Crippen LogP contribution in [0.1, 0.15) is 18.1 Å². The Bertz CT molecular complexity index is 1180. The van der Waals surface area contributed by atoms with E-state index in [2.05, 4.69) is 20.4 Å². The second-order valence-electron chi connectivity index (χ2n) is 6.43. The molecule has 2 heterocycles. The van der Waals surface area contributed by atoms with Crippen molar-refractivity contribution in [3.05, 3.63) is 77.3 Å². The van der Waals surface area contributed by atoms with Crippen molar-refractivity contribution in [1.82, 2.24) is 15.1 Å². The molecule has 2 aromatic heterocycles. The number of thiazole rings is 1. The van der Waals surface area contributed by atoms with E-state index in [9.17, 15) is 13.6 Å². The number of aromatic nitrogens is 3. The molecule has 0 unspecified atom stereocenters. The molecule has 0 saturated heterocycles. The van der Waals surface area contributed by atoms with Gasteiger partial charge >= 0.3 is 0 Å². The number of amides is 1. The van der Waals surface area contributed by atoms with E-state index >= 15 is 0 Å². The van der Waals surface area contributed by atoms with Crippen LogP contribution in [0.5, 0.6) is 0 Å². The molecule has 0 aliphatic rings. The highest BCUT2D eigenvalue weighted by Gasteiger charge is 2.12. The minimum atomic E-state index is -0.488. The second-order valence-corrected chi connectivity index (χ2v) is 8.51. The van der Waals surface area contributed by atoms with Gasteiger partial charge in [0.1, 0.15) is 11.6 Å². The Morgan fingerprint density at radius 3 is 2.71 bits per heavy atom. The summed E-state index contributed by atoms with van der Waals surface area (Å²) in [6, 6.07) is 12.2. The topological polar surface area (TPSA) is 80.9 Å². The number of rotatable bonds is 8. The summed E-state index contributed by atoms with van der Waals surface area (Å²) < 4.78 is 32.6. The summed E-state index contributed by atoms with van der Waals surface area (Å²) in [4.78, 5) is 20.8. The quantitative estimate of drug-likeness (QED) is 0.359. The second kappa shape index (κ2) is 9.80. The van der Waals surface area contributed by atoms with Gasteiger partial charge in [-0.3, -0.25) is 4.79 Å². The van der Waals surface area contributed by atoms with Crippen molar-refractivity contribution >= 4 is 34.7 Å². The molecule has 6 nitrogen and oxygen atoms in total. The number of nitrogens with zero attached hydrogens (tertiary/aromatic N) is 3. The SMILES string of the molecule is O=C(CCc1nc(CSc2nc(-c3ccc(F)cc3)cs2)no1)Nc1ccccc1F. The highest BCUT2D eigenvalue weighted by Crippen LogP contribution is 2.30. The highest BCUT2D eigenvalue weighted by molar-refractivity contribution is 8.00. The third-order valence-corrected chi connectivity index (χ3v) is 6.19. The molecular formula is C21H16F2N4O2S2. The van der Waals surface area contributed by atoms with Gasteiger partial charge in [-0.15, -0.1) is 11.3 Å². The normalized spacial score (nSPS) is 10.9. The van der Waals surface area contributed by atoms with Crippen molar-refractivity contribution in [2.24, 2.45) is 0 Å². The molecule has 31 heavy (non-hydrogen) atoms. The van der Waals surface area contributed by atoms with Gasteiger partial charge in [-0.1, -0.05) is 29.1 Å². The fourth-order valence-electron chi connectivity index (χ4n) is 2.65. The molecule has 0 radical (unpaired) electrons. The van der Waals surface area contributed by atoms with E-state index < -0.39 is 5.82 Å². The van der Waals surface area contributed by atoms with Crippen molar-refractivity contribution in [2.45, 2.75) is 22.9 Å². The number of para-hydroxylation sites is 1. The molecule has 0 bridgehead atoms. The van der Waals surface area contributed by atoms with E-state index in [0.717, 1.165) is 15.6 Å². The predicted octanol–water partition coefficient (Wildman–Crippen LogP) is 5.33. The molecule has 0 atom stereocenters. The van der Waals surface area contributed by atoms with E-state index in [0.29, 0.717) is 17.5 Å². The Morgan fingerprint density at radius 2 is 1.90 bits per heavy atom. The highest BCUT2D eigenvalue weighted by atomic mass is 32.2. The summed E-state index contributed by atoms with van der Waals surface area (Å²) in [7, 11) is 0. The van der Waals surface area contributed by atoms with Crippen LogP contribution in [0.25, 0.3) is 11.3 Å². The molecule has 0 aliphatic carbocycles. The zero-order valence-electron chi connectivity index (χ0n) is 16.0. The van der Waals surface area contributed by atoms with Crippen LogP contribution in [0.15, 0.2) is 62.8 Å². The Morgan fingerprint density at radius 1 is 1.10 bits per heavy atom. The summed E-state index contributed by atoms with van der Waals surface area (Å²) in [6.07, 6.45) is 0.348. The average molecular weight is 459 g/mol. The molecule has 0 spiro atoms. The number of nitrogens with one attached hydrogen (secondary N) is 1. The number of anilines is 1. The number of thioether (sulfide) groups is 1. The maximum absolute atomic E-state index is 13.6. The molecule has 0 aliphatic heterocycles. The molecule has 158 valence electrons. The van der Waals surface area contributed by atoms with Crippen LogP contribution in [0, 0.1) is 11.6 Å². The molecule has 4 rings (SSSR count). The monoisotopic (exact) mass is 458 g/mol. The number of hydrogen-bond donors (Lipinski definition) is 1. The Kier molecular flexibility index (Phi) is 6.68. The summed E-state index contributed by atoms with van der Waals surface area (Å²) in [5.74, 6) is 0.180. The molecule has 0 fully saturated rings. The van der Waals surface area contributed by atoms with Gasteiger partial charge in [-0.25, -0.2) is 13.8 Å². The van der Waals surface area contributed by atoms with Gasteiger partial charge < -0.3 is 9.84 Å². The molecule has 2 aromatic carbocycles. The van der Waals surface area contributed by atoms with E-state index in [-0.39, 0.29) is 30.3 Å². The van der Waals surface area contributed by atoms with Gasteiger partial charge in [-0.2, -0.15) is 4.98 Å². The van der Waals surface area contributed by atoms with Crippen LogP contribution < -0.4 is 5.32 Å². The van der Waals surface area contributed by atoms with Crippen LogP contribution >= 0.6 is 23.1 Å². The standard InChI is InChI=1S/C21H16F2N4O2S2/c22-14-7-5-13(6-8-14)17-11-30-21(25-17)31-12-18-26-20(29-27-18)10-9-19(28)24-16-4-2-1-3-15(16)23/h1-8,11H,9-10,12H2,(H,24,28). The molecule has 1 amide bonds. The molecule has 0 saturated carbocycles. The van der Waals surface area contributed by atoms with Crippen LogP contribution in [-0.4, -0.2) is 21.0 Å². The van der Waals surface area contributed by atoms with Crippen LogP contribution in [-0.2, 0) is 17.0 Å². The number of carbonyl (C=O) groups excluding carboxylic acids is 1. The largest absolute Gasteiger partial charge is 0.339 e. The van der Waals surface area contributed by atoms with Crippen LogP contribution in [0.3, 0.4) is 0 Å². The number of benzene rings is 2. The first-order valence-electron chi connectivity index (χ1n) is 9.27. The third-order valence-electron chi connectivity index (χ3n) is 4.17. The van der Waals surface area contributed by atoms with E-state index in [1.165, 1.54) is 47.4 Å². The lowest BCUT2D eigenvalue weighted by Gasteiger charge is -2.04. The predicted molar refractivity (Wildman–Crippen MR) is 115 cm³/mol. The van der Waals surface area contributed by atoms with Gasteiger partial charge in [0.25, 0.3) is 0 Å². The van der Waals surface area contributed by atoms with Crippen LogP contribution in [0.4, 0.5) is 14.5 Å². The van der Waals surface area contributed by atoms with E-state index in [4.69, 9.17) is 4.52 Å². The van der Waals surface area contributed by atoms with Gasteiger partial charge in [0.15, 0.2) is 10.2 Å². The minimum Gasteiger partial charge on any atom is -0.339 e. The summed E-state index contributed by atoms with van der Waals surface area (Å²) in [5, 5.41) is 8.34. The first-order valence-corrected chi connectivity index (χ1v) is 11.1. The van der Waals surface area contributed by atoms with Crippen LogP contribution in [0.2, 0.25) is 0 Å². The van der Waals surface area contributed by atoms with Gasteiger partial charge in [0.2, 0.25) is 11.8 Å². The molecule has 10 heteroatoms. The lowest BCUT2D eigenvalue weighted by Crippen LogP contribution is -2.13. The Labute approximate surface area is 184 Å². The van der Waals surface area contributed by atoms with Crippen molar-refractivity contribution in [3.8, 4) is 11.3 Å². The molecular weight excluding hydrogens is 442 g/mol. The number of aryl methyl sites for hydroxylation is 1. The van der Waals surface area contributed by atoms with Crippen molar-refractivity contribution in [2.75, 3.05) is 5.32 Å². The lowest BCUT2D eigenvalue weighted by atomic mass is 10.2. The van der Waals surface area contributed by atoms with Gasteiger partial charge in [-0.05, 0) is 36.4 Å². The number of halogens is 2. The molecule has 4 aromatic rings. The summed E-state index contributed by atoms with van der Waals surface area (Å²) in [5.41, 5.74) is 1.76. The number of carbonyl (C=O) groups is 1. The first kappa shape index (κ1) is 21.1. The third kappa shape index (κ3) is 5.74. The van der Waals surface area contributed by atoms with Crippen molar-refractivity contribution in [1.29, 1.82) is 0 Å². The minimum absolute atomic E-state index is 0.0939. The average Bonchev–Trinajstić information content (AvgIpc) is 3.42.